The van der Waals surface area contributed by atoms with Gasteiger partial charge in [0.25, 0.3) is 0 Å². The topological polar surface area (TPSA) is 328 Å². The van der Waals surface area contributed by atoms with E-state index in [0.29, 0.717) is 123 Å². The van der Waals surface area contributed by atoms with Crippen LogP contribution in [0.15, 0.2) is 156 Å². The maximum absolute atomic E-state index is 14.1. The number of carbonyl (C=O) groups excluding carboxylic acids is 1. The fraction of sp³-hybridized carbons (Fsp3) is 0.434. The van der Waals surface area contributed by atoms with Crippen molar-refractivity contribution in [3.63, 3.8) is 0 Å². The van der Waals surface area contributed by atoms with Crippen molar-refractivity contribution in [2.45, 2.75) is 199 Å². The quantitative estimate of drug-likeness (QED) is 0.0634. The molecule has 31 heteroatoms. The zero-order valence-electron chi connectivity index (χ0n) is 63.9. The lowest BCUT2D eigenvalue weighted by atomic mass is 9.79. The molecule has 1 saturated heterocycles. The van der Waals surface area contributed by atoms with E-state index in [1.165, 1.54) is 84.9 Å². The van der Waals surface area contributed by atoms with E-state index >= 15 is 0 Å². The van der Waals surface area contributed by atoms with Crippen LogP contribution in [-0.2, 0) is 53.5 Å². The highest BCUT2D eigenvalue weighted by Crippen LogP contribution is 2.41. The van der Waals surface area contributed by atoms with Crippen LogP contribution in [0, 0.1) is 104 Å². The van der Waals surface area contributed by atoms with Gasteiger partial charge in [-0.25, -0.2) is 60.0 Å². The Morgan fingerprint density at radius 3 is 0.939 bits per heavy atom. The second-order valence-corrected chi connectivity index (χ2v) is 41.4. The van der Waals surface area contributed by atoms with Gasteiger partial charge in [0.2, 0.25) is 0 Å². The minimum atomic E-state index is -3.63. The molecule has 0 atom stereocenters. The number of carbonyl (C=O) groups is 1. The van der Waals surface area contributed by atoms with Gasteiger partial charge < -0.3 is 24.6 Å². The molecule has 3 N–H and O–H groups in total. The Kier molecular flexibility index (Phi) is 30.4. The van der Waals surface area contributed by atoms with Crippen LogP contribution < -0.4 is 5.46 Å². The van der Waals surface area contributed by atoms with E-state index in [1.807, 2.05) is 52.0 Å². The first kappa shape index (κ1) is 91.9. The molecule has 18 nitrogen and oxygen atoms in total. The number of rotatable bonds is 15. The second-order valence-electron chi connectivity index (χ2n) is 31.6. The summed E-state index contributed by atoms with van der Waals surface area (Å²) in [7, 11) is -14.9. The van der Waals surface area contributed by atoms with E-state index in [-0.39, 0.29) is 111 Å². The van der Waals surface area contributed by atoms with Gasteiger partial charge in [0.05, 0.1) is 105 Å². The standard InChI is InChI=1S/2C21H21F2NO3S.C15H18BrNO3S.C14H14BrNO3S.C12H15BF2O2/c2*1-21(25)8-6-14(7-9-21)13-28(26,27)17-3-5-18(15(10-17)12-24)19-4-2-16(22)11-20(19)23;1-15(18)6-4-11(5-7-15)10-21(19,20)13-2-3-14(16)12(8-13)9-17;15-14-6-5-13(7-11(14)8-16)20(18,19)9-10-1-3-12(17)4-2-10;1-11(2)12(3,4)17-13(16-11)9-6-5-8(14)7-10(9)15/h2*2-5,10-11,14,25H,6-9,13H2,1H3;2-3,8,11,18H,4-7,10H2,1H3;5-7,10H,1-4,9H2;5-7H,1-4H3. The van der Waals surface area contributed by atoms with Crippen molar-refractivity contribution < 1.29 is 89.4 Å². The number of halogens is 8. The van der Waals surface area contributed by atoms with E-state index in [9.17, 15) is 90.7 Å². The fourth-order valence-electron chi connectivity index (χ4n) is 13.9. The summed E-state index contributed by atoms with van der Waals surface area (Å²) in [4.78, 5) is 11.6. The van der Waals surface area contributed by atoms with Crippen LogP contribution in [0.2, 0.25) is 0 Å². The Morgan fingerprint density at radius 1 is 0.386 bits per heavy atom. The number of benzene rings is 7. The molecule has 5 aliphatic rings. The van der Waals surface area contributed by atoms with Crippen molar-refractivity contribution in [3.8, 4) is 46.5 Å². The Balaban J connectivity index is 0.000000181. The summed E-state index contributed by atoms with van der Waals surface area (Å²) < 4.78 is 194. The van der Waals surface area contributed by atoms with Crippen LogP contribution in [0.4, 0.5) is 26.3 Å². The lowest BCUT2D eigenvalue weighted by Crippen LogP contribution is -2.41. The second kappa shape index (κ2) is 37.8. The highest BCUT2D eigenvalue weighted by atomic mass is 79.9. The Bertz CT molecular complexity index is 5170. The molecule has 1 heterocycles. The van der Waals surface area contributed by atoms with Gasteiger partial charge in [0.1, 0.15) is 52.8 Å². The number of aliphatic hydroxyl groups is 3. The lowest BCUT2D eigenvalue weighted by molar-refractivity contribution is -0.120. The summed E-state index contributed by atoms with van der Waals surface area (Å²) in [5.41, 5.74) is -1.81. The largest absolute Gasteiger partial charge is 0.497 e. The molecule has 608 valence electrons. The summed E-state index contributed by atoms with van der Waals surface area (Å²) in [6, 6.07) is 34.2. The van der Waals surface area contributed by atoms with Crippen molar-refractivity contribution in [1.29, 1.82) is 21.0 Å². The third kappa shape index (κ3) is 24.7. The fourth-order valence-corrected chi connectivity index (χ4v) is 21.5. The molecule has 5 fully saturated rings. The summed E-state index contributed by atoms with van der Waals surface area (Å²) in [6.45, 7) is 12.8. The summed E-state index contributed by atoms with van der Waals surface area (Å²) >= 11 is 6.43. The Morgan fingerprint density at radius 2 is 0.649 bits per heavy atom. The first-order chi connectivity index (χ1) is 53.1. The molecule has 0 aromatic heterocycles. The number of ketones is 1. The summed E-state index contributed by atoms with van der Waals surface area (Å²) in [5.74, 6) is -4.12. The van der Waals surface area contributed by atoms with E-state index < -0.39 is 109 Å². The van der Waals surface area contributed by atoms with Gasteiger partial charge in [0, 0.05) is 67.7 Å². The number of hydrogen-bond donors (Lipinski definition) is 3. The minimum Gasteiger partial charge on any atom is -0.399 e. The number of Topliss-reactive ketones (excluding diaryl/α,β-unsaturated/α-hetero) is 1. The average molecular weight is 1780 g/mol. The van der Waals surface area contributed by atoms with Crippen LogP contribution in [-0.4, -0.2) is 113 Å². The SMILES string of the molecule is CC1(C)OB(c2ccc(F)cc2F)OC1(C)C.CC1(O)CCC(CS(=O)(=O)c2ccc(-c3ccc(F)cc3F)c(C#N)c2)CC1.CC1(O)CCC(CS(=O)(=O)c2ccc(-c3ccc(F)cc3F)c(C#N)c2)CC1.CC1(O)CCC(CS(=O)(=O)c2ccc(Br)c(C#N)c2)CC1.N#Cc1cc(S(=O)(=O)CC2CCC(=O)CC2)ccc1Br. The maximum atomic E-state index is 14.1. The monoisotopic (exact) mass is 1780 g/mol. The molecule has 0 unspecified atom stereocenters. The molecule has 0 amide bonds. The summed E-state index contributed by atoms with van der Waals surface area (Å²) in [6.07, 6.45) is 9.64. The molecule has 7 aromatic carbocycles. The minimum absolute atomic E-state index is 0.00709. The van der Waals surface area contributed by atoms with Crippen molar-refractivity contribution in [2.75, 3.05) is 23.0 Å². The highest BCUT2D eigenvalue weighted by Gasteiger charge is 2.52. The Labute approximate surface area is 680 Å². The maximum Gasteiger partial charge on any atom is 0.497 e. The molecule has 114 heavy (non-hydrogen) atoms. The first-order valence-electron chi connectivity index (χ1n) is 36.9. The molecule has 4 aliphatic carbocycles. The Hall–Kier alpha value is -7.63. The molecule has 4 saturated carbocycles. The average Bonchev–Trinajstić information content (AvgIpc) is 1.56. The number of nitriles is 4. The van der Waals surface area contributed by atoms with E-state index in [0.717, 1.165) is 30.3 Å². The van der Waals surface area contributed by atoms with Crippen LogP contribution in [0.1, 0.15) is 173 Å². The molecule has 0 bridgehead atoms. The summed E-state index contributed by atoms with van der Waals surface area (Å²) in [5, 5.41) is 66.7. The van der Waals surface area contributed by atoms with Gasteiger partial charge in [-0.2, -0.15) is 21.0 Å². The predicted octanol–water partition coefficient (Wildman–Crippen LogP) is 16.6. The molecule has 12 rings (SSSR count). The van der Waals surface area contributed by atoms with Crippen LogP contribution in [0.25, 0.3) is 22.3 Å². The molecule has 7 aromatic rings. The van der Waals surface area contributed by atoms with Crippen molar-refractivity contribution in [1.82, 2.24) is 0 Å². The molecule has 0 spiro atoms. The van der Waals surface area contributed by atoms with Gasteiger partial charge in [-0.05, 0) is 285 Å². The third-order valence-electron chi connectivity index (χ3n) is 21.7. The van der Waals surface area contributed by atoms with Gasteiger partial charge in [-0.3, -0.25) is 4.79 Å². The molecule has 1 aliphatic heterocycles. The number of nitrogens with zero attached hydrogens (tertiary/aromatic N) is 4. The van der Waals surface area contributed by atoms with Gasteiger partial charge >= 0.3 is 7.12 Å². The van der Waals surface area contributed by atoms with Crippen LogP contribution in [0.5, 0.6) is 0 Å². The predicted molar refractivity (Wildman–Crippen MR) is 426 cm³/mol. The van der Waals surface area contributed by atoms with E-state index in [1.54, 1.807) is 32.9 Å². The molecular weight excluding hydrogens is 1690 g/mol. The van der Waals surface area contributed by atoms with Crippen LogP contribution >= 0.6 is 31.9 Å². The zero-order chi connectivity index (χ0) is 84.3. The lowest BCUT2D eigenvalue weighted by Gasteiger charge is -2.32. The third-order valence-corrected chi connectivity index (χ3v) is 30.6. The van der Waals surface area contributed by atoms with E-state index in [4.69, 9.17) is 19.8 Å². The van der Waals surface area contributed by atoms with E-state index in [2.05, 4.69) is 31.9 Å². The number of hydrogen-bond acceptors (Lipinski definition) is 18. The zero-order valence-corrected chi connectivity index (χ0v) is 70.4. The normalized spacial score (nSPS) is 22.2. The van der Waals surface area contributed by atoms with Crippen molar-refractivity contribution >= 4 is 89.6 Å². The van der Waals surface area contributed by atoms with Gasteiger partial charge in [-0.1, -0.05) is 18.2 Å². The van der Waals surface area contributed by atoms with Crippen molar-refractivity contribution in [3.05, 3.63) is 193 Å². The van der Waals surface area contributed by atoms with Gasteiger partial charge in [-0.15, -0.1) is 0 Å². The molecule has 0 radical (unpaired) electrons. The highest BCUT2D eigenvalue weighted by molar-refractivity contribution is 9.10. The number of sulfone groups is 4. The smallest absolute Gasteiger partial charge is 0.399 e. The van der Waals surface area contributed by atoms with Crippen molar-refractivity contribution in [2.24, 2.45) is 23.7 Å². The van der Waals surface area contributed by atoms with Crippen LogP contribution in [0.3, 0.4) is 0 Å². The first-order valence-corrected chi connectivity index (χ1v) is 45.1. The van der Waals surface area contributed by atoms with Gasteiger partial charge in [0.15, 0.2) is 39.3 Å². The molecular formula is C83H89BBr2F6N4O14S4.